The highest BCUT2D eigenvalue weighted by Gasteiger charge is 2.22. The van der Waals surface area contributed by atoms with Crippen molar-refractivity contribution in [1.82, 2.24) is 14.8 Å². The molecule has 0 saturated heterocycles. The molecule has 0 aliphatic rings. The van der Waals surface area contributed by atoms with Gasteiger partial charge in [0.15, 0.2) is 5.65 Å². The van der Waals surface area contributed by atoms with Crippen LogP contribution in [0.15, 0.2) is 72.1 Å². The van der Waals surface area contributed by atoms with E-state index in [0.29, 0.717) is 33.0 Å². The van der Waals surface area contributed by atoms with Crippen LogP contribution in [0, 0.1) is 13.8 Å². The molecule has 0 bridgehead atoms. The highest BCUT2D eigenvalue weighted by Crippen LogP contribution is 2.30. The average Bonchev–Trinajstić information content (AvgIpc) is 3.44. The van der Waals surface area contributed by atoms with E-state index in [1.54, 1.807) is 22.2 Å². The molecule has 0 fully saturated rings. The van der Waals surface area contributed by atoms with E-state index in [4.69, 9.17) is 15.8 Å². The topological polar surface area (TPSA) is 103 Å². The number of primary amides is 1. The van der Waals surface area contributed by atoms with Crippen LogP contribution in [0.25, 0.3) is 28.0 Å². The zero-order valence-electron chi connectivity index (χ0n) is 18.6. The summed E-state index contributed by atoms with van der Waals surface area (Å²) in [6.45, 7) is 3.88. The molecule has 0 aliphatic carbocycles. The van der Waals surface area contributed by atoms with Gasteiger partial charge in [0.2, 0.25) is 0 Å². The summed E-state index contributed by atoms with van der Waals surface area (Å²) in [5, 5.41) is 10.3. The number of aryl methyl sites for hydroxylation is 2. The molecule has 2 aromatic carbocycles. The molecule has 0 spiro atoms. The summed E-state index contributed by atoms with van der Waals surface area (Å²) < 4.78 is 1.76. The fourth-order valence-electron chi connectivity index (χ4n) is 3.86. The van der Waals surface area contributed by atoms with Crippen LogP contribution < -0.4 is 11.1 Å². The Morgan fingerprint density at radius 2 is 1.71 bits per heavy atom. The van der Waals surface area contributed by atoms with Crippen molar-refractivity contribution in [3.63, 3.8) is 0 Å². The van der Waals surface area contributed by atoms with Crippen LogP contribution in [0.5, 0.6) is 0 Å². The van der Waals surface area contributed by atoms with Gasteiger partial charge in [0.05, 0.1) is 33.6 Å². The Labute approximate surface area is 199 Å². The van der Waals surface area contributed by atoms with Crippen molar-refractivity contribution in [3.8, 4) is 16.9 Å². The lowest BCUT2D eigenvalue weighted by Crippen LogP contribution is -2.17. The Morgan fingerprint density at radius 3 is 2.41 bits per heavy atom. The third kappa shape index (κ3) is 3.84. The Kier molecular flexibility index (Phi) is 5.43. The summed E-state index contributed by atoms with van der Waals surface area (Å²) in [5.41, 5.74) is 10.9. The standard InChI is InChI=1S/C26H21N5O2S/c1-15-8-10-18(11-9-15)31-24-22(16(2)30-31)20(14-21(28-24)17-6-4-3-5-7-17)25(33)29-26-19(23(27)32)12-13-34-26/h3-14H,1-2H3,(H2,27,32)(H,29,33). The van der Waals surface area contributed by atoms with Gasteiger partial charge in [0.1, 0.15) is 5.00 Å². The number of thiophene rings is 1. The summed E-state index contributed by atoms with van der Waals surface area (Å²) in [6.07, 6.45) is 0. The monoisotopic (exact) mass is 467 g/mol. The number of benzene rings is 2. The number of rotatable bonds is 5. The van der Waals surface area contributed by atoms with Gasteiger partial charge in [-0.25, -0.2) is 9.67 Å². The Hall–Kier alpha value is -4.30. The fraction of sp³-hybridized carbons (Fsp3) is 0.0769. The maximum absolute atomic E-state index is 13.5. The minimum absolute atomic E-state index is 0.277. The molecule has 0 unspecified atom stereocenters. The number of nitrogens with zero attached hydrogens (tertiary/aromatic N) is 3. The molecule has 3 heterocycles. The Morgan fingerprint density at radius 1 is 0.971 bits per heavy atom. The predicted octanol–water partition coefficient (Wildman–Crippen LogP) is 5.12. The van der Waals surface area contributed by atoms with Crippen molar-refractivity contribution in [3.05, 3.63) is 94.5 Å². The molecule has 5 aromatic rings. The third-order valence-electron chi connectivity index (χ3n) is 5.56. The largest absolute Gasteiger partial charge is 0.366 e. The third-order valence-corrected chi connectivity index (χ3v) is 6.39. The lowest BCUT2D eigenvalue weighted by Gasteiger charge is -2.10. The second kappa shape index (κ2) is 8.57. The fourth-order valence-corrected chi connectivity index (χ4v) is 4.65. The number of hydrogen-bond donors (Lipinski definition) is 2. The van der Waals surface area contributed by atoms with Crippen molar-refractivity contribution in [2.45, 2.75) is 13.8 Å². The lowest BCUT2D eigenvalue weighted by atomic mass is 10.0. The molecule has 0 aliphatic heterocycles. The number of anilines is 1. The minimum atomic E-state index is -0.593. The highest BCUT2D eigenvalue weighted by molar-refractivity contribution is 7.14. The molecule has 2 amide bonds. The summed E-state index contributed by atoms with van der Waals surface area (Å²) >= 11 is 1.25. The van der Waals surface area contributed by atoms with Crippen molar-refractivity contribution in [2.75, 3.05) is 5.32 Å². The zero-order chi connectivity index (χ0) is 23.8. The molecule has 3 aromatic heterocycles. The van der Waals surface area contributed by atoms with Crippen LogP contribution in [0.3, 0.4) is 0 Å². The first-order valence-electron chi connectivity index (χ1n) is 10.6. The van der Waals surface area contributed by atoms with Gasteiger partial charge in [-0.15, -0.1) is 11.3 Å². The number of amides is 2. The molecule has 3 N–H and O–H groups in total. The lowest BCUT2D eigenvalue weighted by molar-refractivity contribution is 0.100. The number of nitrogens with two attached hydrogens (primary N) is 1. The van der Waals surface area contributed by atoms with E-state index < -0.39 is 5.91 Å². The Balaban J connectivity index is 1.71. The Bertz CT molecular complexity index is 1540. The first-order chi connectivity index (χ1) is 16.4. The first kappa shape index (κ1) is 21.5. The number of hydrogen-bond acceptors (Lipinski definition) is 5. The van der Waals surface area contributed by atoms with Crippen LogP contribution >= 0.6 is 11.3 Å². The molecular weight excluding hydrogens is 446 g/mol. The molecular formula is C26H21N5O2S. The van der Waals surface area contributed by atoms with Crippen LogP contribution in [0.1, 0.15) is 32.0 Å². The first-order valence-corrected chi connectivity index (χ1v) is 11.5. The van der Waals surface area contributed by atoms with Gasteiger partial charge >= 0.3 is 0 Å². The van der Waals surface area contributed by atoms with Crippen molar-refractivity contribution < 1.29 is 9.59 Å². The average molecular weight is 468 g/mol. The van der Waals surface area contributed by atoms with E-state index in [-0.39, 0.29) is 11.5 Å². The van der Waals surface area contributed by atoms with Gasteiger partial charge in [-0.2, -0.15) is 5.10 Å². The van der Waals surface area contributed by atoms with Gasteiger partial charge in [0, 0.05) is 5.56 Å². The van der Waals surface area contributed by atoms with Gasteiger partial charge in [-0.1, -0.05) is 48.0 Å². The van der Waals surface area contributed by atoms with Crippen LogP contribution in [0.2, 0.25) is 0 Å². The van der Waals surface area contributed by atoms with Crippen molar-refractivity contribution in [1.29, 1.82) is 0 Å². The number of carbonyl (C=O) groups excluding carboxylic acids is 2. The minimum Gasteiger partial charge on any atom is -0.366 e. The summed E-state index contributed by atoms with van der Waals surface area (Å²) in [5.74, 6) is -0.953. The highest BCUT2D eigenvalue weighted by atomic mass is 32.1. The number of nitrogens with one attached hydrogen (secondary N) is 1. The molecule has 0 saturated carbocycles. The molecule has 0 atom stereocenters. The molecule has 168 valence electrons. The van der Waals surface area contributed by atoms with Gasteiger partial charge in [-0.3, -0.25) is 9.59 Å². The smallest absolute Gasteiger partial charge is 0.257 e. The molecule has 7 nitrogen and oxygen atoms in total. The second-order valence-electron chi connectivity index (χ2n) is 7.93. The number of carbonyl (C=O) groups is 2. The van der Waals surface area contributed by atoms with E-state index in [1.807, 2.05) is 68.4 Å². The van der Waals surface area contributed by atoms with Crippen LogP contribution in [-0.2, 0) is 0 Å². The van der Waals surface area contributed by atoms with E-state index >= 15 is 0 Å². The SMILES string of the molecule is Cc1ccc(-n2nc(C)c3c(C(=O)Nc4sccc4C(N)=O)cc(-c4ccccc4)nc32)cc1. The maximum Gasteiger partial charge on any atom is 0.257 e. The van der Waals surface area contributed by atoms with Gasteiger partial charge < -0.3 is 11.1 Å². The van der Waals surface area contributed by atoms with E-state index in [2.05, 4.69) is 5.32 Å². The molecule has 8 heteroatoms. The predicted molar refractivity (Wildman–Crippen MR) is 135 cm³/mol. The number of pyridine rings is 1. The zero-order valence-corrected chi connectivity index (χ0v) is 19.4. The number of fused-ring (bicyclic) bond motifs is 1. The normalized spacial score (nSPS) is 11.0. The summed E-state index contributed by atoms with van der Waals surface area (Å²) in [6, 6.07) is 21.0. The maximum atomic E-state index is 13.5. The van der Waals surface area contributed by atoms with E-state index in [1.165, 1.54) is 11.3 Å². The van der Waals surface area contributed by atoms with Crippen molar-refractivity contribution >= 4 is 39.2 Å². The molecule has 34 heavy (non-hydrogen) atoms. The van der Waals surface area contributed by atoms with Crippen LogP contribution in [-0.4, -0.2) is 26.6 Å². The van der Waals surface area contributed by atoms with Gasteiger partial charge in [-0.05, 0) is 43.5 Å². The summed E-state index contributed by atoms with van der Waals surface area (Å²) in [4.78, 5) is 30.2. The molecule has 5 rings (SSSR count). The molecule has 0 radical (unpaired) electrons. The summed E-state index contributed by atoms with van der Waals surface area (Å²) in [7, 11) is 0. The second-order valence-corrected chi connectivity index (χ2v) is 8.85. The van der Waals surface area contributed by atoms with Crippen molar-refractivity contribution in [2.24, 2.45) is 5.73 Å². The van der Waals surface area contributed by atoms with E-state index in [0.717, 1.165) is 16.8 Å². The van der Waals surface area contributed by atoms with E-state index in [9.17, 15) is 9.59 Å². The van der Waals surface area contributed by atoms with Gasteiger partial charge in [0.25, 0.3) is 11.8 Å². The van der Waals surface area contributed by atoms with Crippen LogP contribution in [0.4, 0.5) is 5.00 Å². The quantitative estimate of drug-likeness (QED) is 0.375. The number of aromatic nitrogens is 3.